The van der Waals surface area contributed by atoms with E-state index in [-0.39, 0.29) is 11.8 Å². The number of carbonyl (C=O) groups excluding carboxylic acids is 2. The van der Waals surface area contributed by atoms with Crippen molar-refractivity contribution in [2.75, 3.05) is 26.4 Å². The summed E-state index contributed by atoms with van der Waals surface area (Å²) >= 11 is 6.02. The van der Waals surface area contributed by atoms with Gasteiger partial charge in [-0.25, -0.2) is 12.7 Å². The van der Waals surface area contributed by atoms with E-state index < -0.39 is 22.0 Å². The molecular weight excluding hydrogens is 378 g/mol. The average molecular weight is 404 g/mol. The fraction of sp³-hybridized carbons (Fsp3) is 0.529. The molecule has 2 amide bonds. The maximum atomic E-state index is 12.4. The van der Waals surface area contributed by atoms with Gasteiger partial charge in [-0.05, 0) is 24.5 Å². The number of carbonyl (C=O) groups is 2. The Morgan fingerprint density at radius 1 is 1.23 bits per heavy atom. The van der Waals surface area contributed by atoms with Crippen LogP contribution in [-0.4, -0.2) is 57.0 Å². The standard InChI is InChI=1S/C17H26ClN3O4S/c1-12(2)15(20-16(22)13-8-5-6-9-14(13)18)17(23)19-10-7-11-21(3)26(4,24)25/h5-6,8-9,12,15H,7,10-11H2,1-4H3,(H,19,23)(H,20,22)/t15-/m0/s1. The molecule has 0 aliphatic heterocycles. The number of amides is 2. The van der Waals surface area contributed by atoms with Crippen LogP contribution in [0, 0.1) is 5.92 Å². The second-order valence-electron chi connectivity index (χ2n) is 6.40. The Hall–Kier alpha value is -1.64. The summed E-state index contributed by atoms with van der Waals surface area (Å²) in [5.41, 5.74) is 0.308. The molecule has 1 rings (SSSR count). The Morgan fingerprint density at radius 3 is 2.38 bits per heavy atom. The molecule has 0 aliphatic rings. The quantitative estimate of drug-likeness (QED) is 0.610. The van der Waals surface area contributed by atoms with E-state index in [2.05, 4.69) is 10.6 Å². The number of rotatable bonds is 9. The van der Waals surface area contributed by atoms with Crippen LogP contribution >= 0.6 is 11.6 Å². The van der Waals surface area contributed by atoms with Crippen molar-refractivity contribution in [3.8, 4) is 0 Å². The van der Waals surface area contributed by atoms with Crippen LogP contribution in [0.1, 0.15) is 30.6 Å². The SMILES string of the molecule is CC(C)[C@H](NC(=O)c1ccccc1Cl)C(=O)NCCCN(C)S(C)(=O)=O. The molecule has 0 saturated carbocycles. The highest BCUT2D eigenvalue weighted by molar-refractivity contribution is 7.88. The first kappa shape index (κ1) is 22.4. The van der Waals surface area contributed by atoms with Gasteiger partial charge in [0.15, 0.2) is 0 Å². The number of sulfonamides is 1. The van der Waals surface area contributed by atoms with Crippen molar-refractivity contribution in [1.82, 2.24) is 14.9 Å². The molecular formula is C17H26ClN3O4S. The van der Waals surface area contributed by atoms with Gasteiger partial charge in [-0.3, -0.25) is 9.59 Å². The number of benzene rings is 1. The zero-order chi connectivity index (χ0) is 19.9. The predicted octanol–water partition coefficient (Wildman–Crippen LogP) is 1.49. The normalized spacial score (nSPS) is 12.9. The van der Waals surface area contributed by atoms with E-state index in [9.17, 15) is 18.0 Å². The molecule has 0 fully saturated rings. The van der Waals surface area contributed by atoms with Crippen molar-refractivity contribution in [2.45, 2.75) is 26.3 Å². The van der Waals surface area contributed by atoms with Crippen LogP contribution in [0.2, 0.25) is 5.02 Å². The number of hydrogen-bond donors (Lipinski definition) is 2. The first-order chi connectivity index (χ1) is 12.0. The maximum absolute atomic E-state index is 12.4. The predicted molar refractivity (Wildman–Crippen MR) is 103 cm³/mol. The minimum absolute atomic E-state index is 0.125. The second kappa shape index (κ2) is 9.89. The molecule has 0 spiro atoms. The highest BCUT2D eigenvalue weighted by Gasteiger charge is 2.25. The maximum Gasteiger partial charge on any atom is 0.253 e. The zero-order valence-electron chi connectivity index (χ0n) is 15.5. The molecule has 1 aromatic carbocycles. The van der Waals surface area contributed by atoms with Crippen molar-refractivity contribution in [3.05, 3.63) is 34.9 Å². The third-order valence-corrected chi connectivity index (χ3v) is 5.51. The summed E-state index contributed by atoms with van der Waals surface area (Å²) in [6.45, 7) is 4.27. The molecule has 0 heterocycles. The highest BCUT2D eigenvalue weighted by atomic mass is 35.5. The van der Waals surface area contributed by atoms with Gasteiger partial charge in [0.25, 0.3) is 5.91 Å². The molecule has 0 radical (unpaired) electrons. The summed E-state index contributed by atoms with van der Waals surface area (Å²) in [4.78, 5) is 24.8. The number of halogens is 1. The second-order valence-corrected chi connectivity index (χ2v) is 8.90. The fourth-order valence-corrected chi connectivity index (χ4v) is 2.87. The van der Waals surface area contributed by atoms with Gasteiger partial charge in [0, 0.05) is 20.1 Å². The molecule has 1 atom stereocenters. The minimum Gasteiger partial charge on any atom is -0.354 e. The Bertz CT molecular complexity index is 737. The average Bonchev–Trinajstić information content (AvgIpc) is 2.55. The van der Waals surface area contributed by atoms with Gasteiger partial charge >= 0.3 is 0 Å². The van der Waals surface area contributed by atoms with E-state index in [4.69, 9.17) is 11.6 Å². The summed E-state index contributed by atoms with van der Waals surface area (Å²) in [5, 5.41) is 5.76. The van der Waals surface area contributed by atoms with Crippen LogP contribution in [0.4, 0.5) is 0 Å². The Balaban J connectivity index is 2.60. The van der Waals surface area contributed by atoms with Crippen LogP contribution in [-0.2, 0) is 14.8 Å². The zero-order valence-corrected chi connectivity index (χ0v) is 17.0. The first-order valence-electron chi connectivity index (χ1n) is 8.28. The van der Waals surface area contributed by atoms with Gasteiger partial charge in [0.05, 0.1) is 16.8 Å². The highest BCUT2D eigenvalue weighted by Crippen LogP contribution is 2.15. The van der Waals surface area contributed by atoms with Crippen molar-refractivity contribution in [1.29, 1.82) is 0 Å². The summed E-state index contributed by atoms with van der Waals surface area (Å²) in [7, 11) is -1.75. The lowest BCUT2D eigenvalue weighted by Crippen LogP contribution is -2.50. The van der Waals surface area contributed by atoms with Gasteiger partial charge in [-0.1, -0.05) is 37.6 Å². The van der Waals surface area contributed by atoms with E-state index in [1.807, 2.05) is 13.8 Å². The molecule has 7 nitrogen and oxygen atoms in total. The number of nitrogens with one attached hydrogen (secondary N) is 2. The van der Waals surface area contributed by atoms with Gasteiger partial charge in [0.1, 0.15) is 6.04 Å². The third kappa shape index (κ3) is 6.93. The van der Waals surface area contributed by atoms with Crippen molar-refractivity contribution in [2.24, 2.45) is 5.92 Å². The lowest BCUT2D eigenvalue weighted by atomic mass is 10.0. The van der Waals surface area contributed by atoms with Crippen LogP contribution in [0.5, 0.6) is 0 Å². The molecule has 9 heteroatoms. The molecule has 0 aliphatic carbocycles. The van der Waals surface area contributed by atoms with Crippen LogP contribution in [0.3, 0.4) is 0 Å². The largest absolute Gasteiger partial charge is 0.354 e. The van der Waals surface area contributed by atoms with Crippen LogP contribution < -0.4 is 10.6 Å². The molecule has 146 valence electrons. The Morgan fingerprint density at radius 2 is 1.85 bits per heavy atom. The van der Waals surface area contributed by atoms with E-state index >= 15 is 0 Å². The Kier molecular flexibility index (Phi) is 8.52. The van der Waals surface area contributed by atoms with Gasteiger partial charge in [-0.15, -0.1) is 0 Å². The van der Waals surface area contributed by atoms with Crippen molar-refractivity contribution in [3.63, 3.8) is 0 Å². The summed E-state index contributed by atoms with van der Waals surface area (Å²) in [6, 6.07) is 5.90. The van der Waals surface area contributed by atoms with Gasteiger partial charge in [0.2, 0.25) is 15.9 Å². The lowest BCUT2D eigenvalue weighted by molar-refractivity contribution is -0.123. The van der Waals surface area contributed by atoms with Crippen LogP contribution in [0.25, 0.3) is 0 Å². The summed E-state index contributed by atoms with van der Waals surface area (Å²) < 4.78 is 23.9. The van der Waals surface area contributed by atoms with Crippen molar-refractivity contribution < 1.29 is 18.0 Å². The van der Waals surface area contributed by atoms with E-state index in [0.29, 0.717) is 30.1 Å². The molecule has 0 bridgehead atoms. The number of nitrogens with zero attached hydrogens (tertiary/aromatic N) is 1. The molecule has 2 N–H and O–H groups in total. The van der Waals surface area contributed by atoms with E-state index in [1.165, 1.54) is 11.4 Å². The summed E-state index contributed by atoms with van der Waals surface area (Å²) in [6.07, 6.45) is 1.60. The third-order valence-electron chi connectivity index (χ3n) is 3.87. The number of hydrogen-bond acceptors (Lipinski definition) is 4. The smallest absolute Gasteiger partial charge is 0.253 e. The Labute approximate surface area is 160 Å². The lowest BCUT2D eigenvalue weighted by Gasteiger charge is -2.22. The molecule has 26 heavy (non-hydrogen) atoms. The first-order valence-corrected chi connectivity index (χ1v) is 10.5. The van der Waals surface area contributed by atoms with E-state index in [0.717, 1.165) is 6.26 Å². The molecule has 0 saturated heterocycles. The minimum atomic E-state index is -3.23. The van der Waals surface area contributed by atoms with Crippen molar-refractivity contribution >= 4 is 33.4 Å². The molecule has 1 aromatic rings. The van der Waals surface area contributed by atoms with E-state index in [1.54, 1.807) is 24.3 Å². The molecule has 0 unspecified atom stereocenters. The van der Waals surface area contributed by atoms with Gasteiger partial charge < -0.3 is 10.6 Å². The van der Waals surface area contributed by atoms with Gasteiger partial charge in [-0.2, -0.15) is 0 Å². The topological polar surface area (TPSA) is 95.6 Å². The monoisotopic (exact) mass is 403 g/mol. The van der Waals surface area contributed by atoms with Crippen LogP contribution in [0.15, 0.2) is 24.3 Å². The summed E-state index contributed by atoms with van der Waals surface area (Å²) in [5.74, 6) is -0.858. The molecule has 0 aromatic heterocycles. The fourth-order valence-electron chi connectivity index (χ4n) is 2.19.